The van der Waals surface area contributed by atoms with Crippen LogP contribution in [0.2, 0.25) is 0 Å². The first-order valence-electron chi connectivity index (χ1n) is 4.15. The van der Waals surface area contributed by atoms with Crippen molar-refractivity contribution in [3.8, 4) is 0 Å². The van der Waals surface area contributed by atoms with Crippen LogP contribution in [0.4, 0.5) is 5.69 Å². The third-order valence-electron chi connectivity index (χ3n) is 1.88. The van der Waals surface area contributed by atoms with Gasteiger partial charge in [-0.05, 0) is 31.4 Å². The summed E-state index contributed by atoms with van der Waals surface area (Å²) in [6, 6.07) is 6.20. The lowest BCUT2D eigenvalue weighted by Crippen LogP contribution is -1.95. The van der Waals surface area contributed by atoms with E-state index >= 15 is 0 Å². The average molecular weight is 228 g/mol. The molecule has 0 spiro atoms. The molecule has 2 heteroatoms. The van der Waals surface area contributed by atoms with Crippen LogP contribution in [0.15, 0.2) is 18.2 Å². The first-order valence-corrected chi connectivity index (χ1v) is 5.27. The van der Waals surface area contributed by atoms with Crippen LogP contribution in [-0.2, 0) is 6.42 Å². The SMILES string of the molecule is Cc1ccc(N)c(CCCBr)c1. The fourth-order valence-corrected chi connectivity index (χ4v) is 1.49. The number of hydrogen-bond acceptors (Lipinski definition) is 1. The maximum Gasteiger partial charge on any atom is 0.0346 e. The van der Waals surface area contributed by atoms with E-state index in [1.165, 1.54) is 11.1 Å². The normalized spacial score (nSPS) is 10.2. The Kier molecular flexibility index (Phi) is 3.60. The van der Waals surface area contributed by atoms with Gasteiger partial charge in [-0.15, -0.1) is 0 Å². The van der Waals surface area contributed by atoms with Crippen molar-refractivity contribution in [2.45, 2.75) is 19.8 Å². The number of anilines is 1. The Balaban J connectivity index is 2.75. The van der Waals surface area contributed by atoms with Crippen molar-refractivity contribution >= 4 is 21.6 Å². The molecular formula is C10H14BrN. The van der Waals surface area contributed by atoms with Crippen molar-refractivity contribution in [2.75, 3.05) is 11.1 Å². The highest BCUT2D eigenvalue weighted by Crippen LogP contribution is 2.15. The van der Waals surface area contributed by atoms with Gasteiger partial charge in [-0.1, -0.05) is 33.6 Å². The van der Waals surface area contributed by atoms with Crippen molar-refractivity contribution in [3.63, 3.8) is 0 Å². The Morgan fingerprint density at radius 2 is 2.17 bits per heavy atom. The summed E-state index contributed by atoms with van der Waals surface area (Å²) in [4.78, 5) is 0. The predicted molar refractivity (Wildman–Crippen MR) is 57.7 cm³/mol. The summed E-state index contributed by atoms with van der Waals surface area (Å²) < 4.78 is 0. The second-order valence-corrected chi connectivity index (χ2v) is 3.79. The second kappa shape index (κ2) is 4.51. The quantitative estimate of drug-likeness (QED) is 0.624. The highest BCUT2D eigenvalue weighted by atomic mass is 79.9. The lowest BCUT2D eigenvalue weighted by molar-refractivity contribution is 0.940. The van der Waals surface area contributed by atoms with Gasteiger partial charge < -0.3 is 5.73 Å². The van der Waals surface area contributed by atoms with Gasteiger partial charge in [-0.25, -0.2) is 0 Å². The minimum atomic E-state index is 0.918. The Morgan fingerprint density at radius 1 is 1.42 bits per heavy atom. The molecule has 0 radical (unpaired) electrons. The Hall–Kier alpha value is -0.500. The van der Waals surface area contributed by atoms with Gasteiger partial charge in [0.15, 0.2) is 0 Å². The zero-order valence-corrected chi connectivity index (χ0v) is 8.89. The smallest absolute Gasteiger partial charge is 0.0346 e. The maximum atomic E-state index is 5.81. The molecule has 66 valence electrons. The van der Waals surface area contributed by atoms with Gasteiger partial charge in [0.05, 0.1) is 0 Å². The summed E-state index contributed by atoms with van der Waals surface area (Å²) in [7, 11) is 0. The molecule has 0 heterocycles. The predicted octanol–water partition coefficient (Wildman–Crippen LogP) is 2.90. The van der Waals surface area contributed by atoms with Crippen LogP contribution in [0.5, 0.6) is 0 Å². The molecule has 0 aliphatic rings. The second-order valence-electron chi connectivity index (χ2n) is 2.99. The van der Waals surface area contributed by atoms with Gasteiger partial charge >= 0.3 is 0 Å². The topological polar surface area (TPSA) is 26.0 Å². The monoisotopic (exact) mass is 227 g/mol. The van der Waals surface area contributed by atoms with E-state index in [9.17, 15) is 0 Å². The molecule has 0 fully saturated rings. The molecule has 2 N–H and O–H groups in total. The summed E-state index contributed by atoms with van der Waals surface area (Å²) in [6.07, 6.45) is 2.21. The first kappa shape index (κ1) is 9.59. The van der Waals surface area contributed by atoms with Gasteiger partial charge in [-0.2, -0.15) is 0 Å². The molecule has 1 aromatic rings. The number of alkyl halides is 1. The molecule has 0 aliphatic heterocycles. The van der Waals surface area contributed by atoms with Crippen molar-refractivity contribution < 1.29 is 0 Å². The van der Waals surface area contributed by atoms with Gasteiger partial charge in [0, 0.05) is 11.0 Å². The summed E-state index contributed by atoms with van der Waals surface area (Å²) in [6.45, 7) is 2.09. The van der Waals surface area contributed by atoms with Crippen molar-refractivity contribution in [1.82, 2.24) is 0 Å². The minimum absolute atomic E-state index is 0.918. The summed E-state index contributed by atoms with van der Waals surface area (Å²) in [5.74, 6) is 0. The number of aryl methyl sites for hydroxylation is 2. The number of nitrogen functional groups attached to an aromatic ring is 1. The van der Waals surface area contributed by atoms with Crippen LogP contribution in [0.25, 0.3) is 0 Å². The maximum absolute atomic E-state index is 5.81. The molecule has 1 rings (SSSR count). The van der Waals surface area contributed by atoms with Crippen LogP contribution in [-0.4, -0.2) is 5.33 Å². The zero-order valence-electron chi connectivity index (χ0n) is 7.31. The van der Waals surface area contributed by atoms with Gasteiger partial charge in [-0.3, -0.25) is 0 Å². The van der Waals surface area contributed by atoms with Crippen molar-refractivity contribution in [3.05, 3.63) is 29.3 Å². The van der Waals surface area contributed by atoms with E-state index in [-0.39, 0.29) is 0 Å². The van der Waals surface area contributed by atoms with Crippen LogP contribution in [0, 0.1) is 6.92 Å². The minimum Gasteiger partial charge on any atom is -0.399 e. The highest BCUT2D eigenvalue weighted by Gasteiger charge is 1.97. The Bertz CT molecular complexity index is 258. The third-order valence-corrected chi connectivity index (χ3v) is 2.44. The molecule has 0 aromatic heterocycles. The Morgan fingerprint density at radius 3 is 2.83 bits per heavy atom. The fourth-order valence-electron chi connectivity index (χ4n) is 1.21. The lowest BCUT2D eigenvalue weighted by atomic mass is 10.1. The average Bonchev–Trinajstić information content (AvgIpc) is 2.07. The largest absolute Gasteiger partial charge is 0.399 e. The standard InChI is InChI=1S/C10H14BrN/c1-8-4-5-10(12)9(7-8)3-2-6-11/h4-5,7H,2-3,6,12H2,1H3. The summed E-state index contributed by atoms with van der Waals surface area (Å²) >= 11 is 3.41. The molecule has 0 atom stereocenters. The van der Waals surface area contributed by atoms with E-state index in [4.69, 9.17) is 5.73 Å². The van der Waals surface area contributed by atoms with E-state index in [0.29, 0.717) is 0 Å². The molecule has 0 saturated carbocycles. The van der Waals surface area contributed by atoms with Crippen LogP contribution in [0.3, 0.4) is 0 Å². The molecule has 0 bridgehead atoms. The zero-order chi connectivity index (χ0) is 8.97. The van der Waals surface area contributed by atoms with E-state index in [0.717, 1.165) is 23.9 Å². The van der Waals surface area contributed by atoms with Crippen molar-refractivity contribution in [1.29, 1.82) is 0 Å². The third kappa shape index (κ3) is 2.52. The van der Waals surface area contributed by atoms with Crippen LogP contribution >= 0.6 is 15.9 Å². The molecule has 0 aliphatic carbocycles. The molecule has 1 nitrogen and oxygen atoms in total. The van der Waals surface area contributed by atoms with Gasteiger partial charge in [0.2, 0.25) is 0 Å². The molecular weight excluding hydrogens is 214 g/mol. The van der Waals surface area contributed by atoms with E-state index in [2.05, 4.69) is 28.9 Å². The highest BCUT2D eigenvalue weighted by molar-refractivity contribution is 9.09. The molecule has 0 saturated heterocycles. The van der Waals surface area contributed by atoms with E-state index < -0.39 is 0 Å². The molecule has 0 unspecified atom stereocenters. The number of hydrogen-bond donors (Lipinski definition) is 1. The van der Waals surface area contributed by atoms with Crippen LogP contribution in [0.1, 0.15) is 17.5 Å². The number of halogens is 1. The first-order chi connectivity index (χ1) is 5.74. The fraction of sp³-hybridized carbons (Fsp3) is 0.400. The molecule has 0 amide bonds. The number of rotatable bonds is 3. The van der Waals surface area contributed by atoms with Gasteiger partial charge in [0.25, 0.3) is 0 Å². The Labute approximate surface area is 82.1 Å². The van der Waals surface area contributed by atoms with Crippen LogP contribution < -0.4 is 5.73 Å². The van der Waals surface area contributed by atoms with Crippen molar-refractivity contribution in [2.24, 2.45) is 0 Å². The number of benzene rings is 1. The molecule has 1 aromatic carbocycles. The van der Waals surface area contributed by atoms with Gasteiger partial charge in [0.1, 0.15) is 0 Å². The number of nitrogens with two attached hydrogens (primary N) is 1. The van der Waals surface area contributed by atoms with E-state index in [1.807, 2.05) is 12.1 Å². The molecule has 12 heavy (non-hydrogen) atoms. The summed E-state index contributed by atoms with van der Waals surface area (Å²) in [5, 5.41) is 1.04. The lowest BCUT2D eigenvalue weighted by Gasteiger charge is -2.04. The summed E-state index contributed by atoms with van der Waals surface area (Å²) in [5.41, 5.74) is 9.29. The van der Waals surface area contributed by atoms with E-state index in [1.54, 1.807) is 0 Å².